The number of halogens is 5. The Hall–Kier alpha value is -2.75. The molecule has 2 rings (SSSR count). The van der Waals surface area contributed by atoms with Crippen molar-refractivity contribution in [1.29, 1.82) is 0 Å². The van der Waals surface area contributed by atoms with Crippen LogP contribution in [0.25, 0.3) is 6.08 Å². The summed E-state index contributed by atoms with van der Waals surface area (Å²) in [6.45, 7) is 0. The summed E-state index contributed by atoms with van der Waals surface area (Å²) >= 11 is 0. The lowest BCUT2D eigenvalue weighted by Gasteiger charge is -2.08. The van der Waals surface area contributed by atoms with E-state index in [2.05, 4.69) is 0 Å². The fourth-order valence-electron chi connectivity index (χ4n) is 2.08. The van der Waals surface area contributed by atoms with Gasteiger partial charge in [-0.05, 0) is 23.8 Å². The normalized spacial score (nSPS) is 12.7. The second-order valence-electron chi connectivity index (χ2n) is 5.19. The van der Waals surface area contributed by atoms with Crippen molar-refractivity contribution >= 4 is 22.8 Å². The van der Waals surface area contributed by atoms with Crippen LogP contribution in [-0.2, 0) is 21.3 Å². The molecule has 2 aromatic carbocycles. The number of carbonyl (C=O) groups excluding carboxylic acids is 1. The number of benzene rings is 2. The number of nitrogens with two attached hydrogens (primary N) is 1. The van der Waals surface area contributed by atoms with Gasteiger partial charge in [-0.25, -0.2) is 22.0 Å². The van der Waals surface area contributed by atoms with Gasteiger partial charge in [0.2, 0.25) is 5.82 Å². The van der Waals surface area contributed by atoms with Gasteiger partial charge in [-0.3, -0.25) is 9.00 Å². The zero-order valence-corrected chi connectivity index (χ0v) is 14.5. The molecule has 2 aromatic rings. The molecule has 27 heavy (non-hydrogen) atoms. The van der Waals surface area contributed by atoms with E-state index in [0.29, 0.717) is 17.4 Å². The van der Waals surface area contributed by atoms with E-state index < -0.39 is 56.3 Å². The van der Waals surface area contributed by atoms with Gasteiger partial charge in [0.05, 0.1) is 29.2 Å². The standard InChI is InChI=1S/C17H12F5NO3S/c1-26-9-4-2-8(3-5-9)7-27(25)11(17(23)24)6-10-12(18)14(20)16(22)15(21)13(10)19/h2-6H,7H2,1H3,(H2,23,24). The summed E-state index contributed by atoms with van der Waals surface area (Å²) in [5, 5.41) is 0. The number of carbonyl (C=O) groups is 1. The smallest absolute Gasteiger partial charge is 0.257 e. The lowest BCUT2D eigenvalue weighted by atomic mass is 10.1. The summed E-state index contributed by atoms with van der Waals surface area (Å²) < 4.78 is 84.5. The summed E-state index contributed by atoms with van der Waals surface area (Å²) in [6.07, 6.45) is 0.304. The Morgan fingerprint density at radius 1 is 1.00 bits per heavy atom. The first-order valence-electron chi connectivity index (χ1n) is 7.21. The molecule has 0 saturated heterocycles. The van der Waals surface area contributed by atoms with Crippen molar-refractivity contribution in [3.63, 3.8) is 0 Å². The molecular formula is C17H12F5NO3S. The fraction of sp³-hybridized carbons (Fsp3) is 0.118. The molecule has 144 valence electrons. The van der Waals surface area contributed by atoms with Crippen LogP contribution in [0.15, 0.2) is 29.2 Å². The molecule has 4 nitrogen and oxygen atoms in total. The maximum atomic E-state index is 13.8. The lowest BCUT2D eigenvalue weighted by molar-refractivity contribution is -0.113. The summed E-state index contributed by atoms with van der Waals surface area (Å²) in [5.41, 5.74) is 4.12. The maximum absolute atomic E-state index is 13.8. The monoisotopic (exact) mass is 405 g/mol. The first kappa shape index (κ1) is 20.6. The molecule has 0 fully saturated rings. The summed E-state index contributed by atoms with van der Waals surface area (Å²) in [5.74, 6) is -12.1. The van der Waals surface area contributed by atoms with Gasteiger partial charge in [0.1, 0.15) is 10.7 Å². The molecule has 1 unspecified atom stereocenters. The van der Waals surface area contributed by atoms with Crippen molar-refractivity contribution in [3.8, 4) is 5.75 Å². The second kappa shape index (κ2) is 8.30. The number of rotatable bonds is 6. The Bertz CT molecular complexity index is 916. The van der Waals surface area contributed by atoms with E-state index in [1.54, 1.807) is 12.1 Å². The average Bonchev–Trinajstić information content (AvgIpc) is 2.65. The molecule has 10 heteroatoms. The fourth-order valence-corrected chi connectivity index (χ4v) is 3.20. The van der Waals surface area contributed by atoms with E-state index in [1.165, 1.54) is 19.2 Å². The molecule has 0 aromatic heterocycles. The van der Waals surface area contributed by atoms with Gasteiger partial charge in [-0.15, -0.1) is 0 Å². The number of methoxy groups -OCH3 is 1. The van der Waals surface area contributed by atoms with Crippen LogP contribution in [0, 0.1) is 29.1 Å². The number of ether oxygens (including phenoxy) is 1. The molecule has 0 spiro atoms. The van der Waals surface area contributed by atoms with Crippen LogP contribution < -0.4 is 10.5 Å². The second-order valence-corrected chi connectivity index (χ2v) is 6.61. The Labute approximate surface area is 152 Å². The third-order valence-corrected chi connectivity index (χ3v) is 4.87. The van der Waals surface area contributed by atoms with Gasteiger partial charge in [-0.1, -0.05) is 12.1 Å². The molecule has 0 radical (unpaired) electrons. The predicted octanol–water partition coefficient (Wildman–Crippen LogP) is 3.17. The number of primary amides is 1. The lowest BCUT2D eigenvalue weighted by Crippen LogP contribution is -2.19. The highest BCUT2D eigenvalue weighted by atomic mass is 32.2. The van der Waals surface area contributed by atoms with Gasteiger partial charge < -0.3 is 10.5 Å². The Morgan fingerprint density at radius 2 is 1.48 bits per heavy atom. The highest BCUT2D eigenvalue weighted by molar-refractivity contribution is 7.89. The summed E-state index contributed by atoms with van der Waals surface area (Å²) in [4.78, 5) is 10.7. The third-order valence-electron chi connectivity index (χ3n) is 3.46. The molecule has 1 amide bonds. The van der Waals surface area contributed by atoms with E-state index in [4.69, 9.17) is 10.5 Å². The largest absolute Gasteiger partial charge is 0.497 e. The molecule has 0 heterocycles. The van der Waals surface area contributed by atoms with Crippen molar-refractivity contribution in [3.05, 3.63) is 69.4 Å². The quantitative estimate of drug-likeness (QED) is 0.347. The van der Waals surface area contributed by atoms with Gasteiger partial charge in [0.25, 0.3) is 5.91 Å². The number of hydrogen-bond donors (Lipinski definition) is 1. The topological polar surface area (TPSA) is 69.4 Å². The van der Waals surface area contributed by atoms with Crippen molar-refractivity contribution in [2.75, 3.05) is 7.11 Å². The van der Waals surface area contributed by atoms with E-state index in [0.717, 1.165) is 0 Å². The van der Waals surface area contributed by atoms with E-state index >= 15 is 0 Å². The van der Waals surface area contributed by atoms with E-state index in [9.17, 15) is 31.0 Å². The Balaban J connectivity index is 2.45. The zero-order valence-electron chi connectivity index (χ0n) is 13.7. The van der Waals surface area contributed by atoms with Crippen molar-refractivity contribution in [1.82, 2.24) is 0 Å². The van der Waals surface area contributed by atoms with Crippen LogP contribution in [0.3, 0.4) is 0 Å². The summed E-state index contributed by atoms with van der Waals surface area (Å²) in [6, 6.07) is 6.13. The van der Waals surface area contributed by atoms with Gasteiger partial charge >= 0.3 is 0 Å². The van der Waals surface area contributed by atoms with Crippen molar-refractivity contribution < 1.29 is 35.7 Å². The third kappa shape index (κ3) is 4.33. The number of amides is 1. The maximum Gasteiger partial charge on any atom is 0.257 e. The molecule has 0 aliphatic rings. The first-order valence-corrected chi connectivity index (χ1v) is 8.53. The summed E-state index contributed by atoms with van der Waals surface area (Å²) in [7, 11) is -0.774. The minimum atomic E-state index is -2.35. The minimum absolute atomic E-state index is 0.284. The Kier molecular flexibility index (Phi) is 6.32. The van der Waals surface area contributed by atoms with Crippen LogP contribution in [0.1, 0.15) is 11.1 Å². The van der Waals surface area contributed by atoms with Crippen LogP contribution in [0.2, 0.25) is 0 Å². The molecule has 0 aliphatic carbocycles. The minimum Gasteiger partial charge on any atom is -0.497 e. The zero-order chi connectivity index (χ0) is 20.3. The van der Waals surface area contributed by atoms with Crippen LogP contribution in [-0.4, -0.2) is 17.2 Å². The first-order chi connectivity index (χ1) is 12.7. The van der Waals surface area contributed by atoms with Crippen LogP contribution >= 0.6 is 0 Å². The van der Waals surface area contributed by atoms with Crippen molar-refractivity contribution in [2.24, 2.45) is 5.73 Å². The molecular weight excluding hydrogens is 393 g/mol. The number of hydrogen-bond acceptors (Lipinski definition) is 3. The predicted molar refractivity (Wildman–Crippen MR) is 88.2 cm³/mol. The van der Waals surface area contributed by atoms with E-state index in [1.807, 2.05) is 0 Å². The molecule has 0 aliphatic heterocycles. The average molecular weight is 405 g/mol. The van der Waals surface area contributed by atoms with Crippen LogP contribution in [0.4, 0.5) is 22.0 Å². The van der Waals surface area contributed by atoms with Crippen molar-refractivity contribution in [2.45, 2.75) is 5.75 Å². The van der Waals surface area contributed by atoms with Crippen LogP contribution in [0.5, 0.6) is 5.75 Å². The van der Waals surface area contributed by atoms with Gasteiger partial charge in [0.15, 0.2) is 23.3 Å². The molecule has 0 saturated carbocycles. The SMILES string of the molecule is COc1ccc(CS(=O)C(=Cc2c(F)c(F)c(F)c(F)c2F)C(N)=O)cc1. The van der Waals surface area contributed by atoms with Gasteiger partial charge in [-0.2, -0.15) is 0 Å². The highest BCUT2D eigenvalue weighted by Crippen LogP contribution is 2.26. The Morgan fingerprint density at radius 3 is 1.93 bits per heavy atom. The molecule has 1 atom stereocenters. The molecule has 0 bridgehead atoms. The highest BCUT2D eigenvalue weighted by Gasteiger charge is 2.26. The van der Waals surface area contributed by atoms with Gasteiger partial charge in [0, 0.05) is 0 Å². The van der Waals surface area contributed by atoms with E-state index in [-0.39, 0.29) is 5.75 Å². The molecule has 2 N–H and O–H groups in total.